The SMILES string of the molecule is CC.CCCCC(C)(O)CCCC1CCC2C3CC=C4CC(O)CCC4(C)C3CCC12C. The van der Waals surface area contributed by atoms with Gasteiger partial charge in [0.05, 0.1) is 11.7 Å². The molecule has 0 spiro atoms. The van der Waals surface area contributed by atoms with Gasteiger partial charge in [-0.25, -0.2) is 0 Å². The lowest BCUT2D eigenvalue weighted by molar-refractivity contribution is -0.0517. The van der Waals surface area contributed by atoms with Crippen LogP contribution in [0.3, 0.4) is 0 Å². The zero-order valence-electron chi connectivity index (χ0n) is 22.3. The third kappa shape index (κ3) is 5.02. The Kier molecular flexibility index (Phi) is 8.63. The highest BCUT2D eigenvalue weighted by molar-refractivity contribution is 5.25. The Morgan fingerprint density at radius 3 is 2.44 bits per heavy atom. The van der Waals surface area contributed by atoms with Crippen LogP contribution in [-0.4, -0.2) is 21.9 Å². The first-order valence-electron chi connectivity index (χ1n) is 14.3. The fourth-order valence-electron chi connectivity index (χ4n) is 8.64. The van der Waals surface area contributed by atoms with Gasteiger partial charge in [-0.05, 0) is 112 Å². The number of allylic oxidation sites excluding steroid dienone is 1. The van der Waals surface area contributed by atoms with Gasteiger partial charge in [-0.1, -0.05) is 65.5 Å². The van der Waals surface area contributed by atoms with Gasteiger partial charge in [0.15, 0.2) is 0 Å². The molecule has 3 saturated carbocycles. The first-order chi connectivity index (χ1) is 15.2. The van der Waals surface area contributed by atoms with Crippen LogP contribution in [0.1, 0.15) is 131 Å². The zero-order valence-corrected chi connectivity index (χ0v) is 22.3. The van der Waals surface area contributed by atoms with Crippen molar-refractivity contribution in [2.45, 2.75) is 143 Å². The molecule has 2 N–H and O–H groups in total. The van der Waals surface area contributed by atoms with Crippen LogP contribution in [0, 0.1) is 34.5 Å². The lowest BCUT2D eigenvalue weighted by atomic mass is 9.47. The molecule has 0 aromatic rings. The quantitative estimate of drug-likeness (QED) is 0.388. The van der Waals surface area contributed by atoms with Crippen LogP contribution < -0.4 is 0 Å². The summed E-state index contributed by atoms with van der Waals surface area (Å²) in [7, 11) is 0. The van der Waals surface area contributed by atoms with Crippen molar-refractivity contribution in [3.8, 4) is 0 Å². The molecule has 0 aromatic carbocycles. The standard InChI is InChI=1S/C28H48O2.C2H6/c1-5-6-15-26(2,30)16-7-8-20-10-12-24-23-11-9-21-19-22(29)13-17-28(21,4)25(23)14-18-27(20,24)3;1-2/h9,20,22-25,29-30H,5-8,10-19H2,1-4H3;1-2H3. The van der Waals surface area contributed by atoms with Crippen molar-refractivity contribution in [2.24, 2.45) is 34.5 Å². The van der Waals surface area contributed by atoms with Crippen LogP contribution in [0.15, 0.2) is 11.6 Å². The monoisotopic (exact) mass is 446 g/mol. The first kappa shape index (κ1) is 26.3. The molecule has 186 valence electrons. The third-order valence-corrected chi connectivity index (χ3v) is 10.6. The highest BCUT2D eigenvalue weighted by Gasteiger charge is 2.58. The molecule has 0 amide bonds. The maximum Gasteiger partial charge on any atom is 0.0619 e. The summed E-state index contributed by atoms with van der Waals surface area (Å²) in [6, 6.07) is 0. The molecular weight excluding hydrogens is 392 g/mol. The number of fused-ring (bicyclic) bond motifs is 5. The Morgan fingerprint density at radius 2 is 1.72 bits per heavy atom. The van der Waals surface area contributed by atoms with E-state index in [2.05, 4.69) is 33.8 Å². The molecule has 0 bridgehead atoms. The van der Waals surface area contributed by atoms with E-state index < -0.39 is 5.60 Å². The molecule has 0 saturated heterocycles. The molecule has 3 fully saturated rings. The largest absolute Gasteiger partial charge is 0.393 e. The second kappa shape index (κ2) is 10.5. The fraction of sp³-hybridized carbons (Fsp3) is 0.933. The highest BCUT2D eigenvalue weighted by Crippen LogP contribution is 2.66. The van der Waals surface area contributed by atoms with Crippen LogP contribution in [-0.2, 0) is 0 Å². The molecule has 4 aliphatic rings. The Hall–Kier alpha value is -0.340. The van der Waals surface area contributed by atoms with Gasteiger partial charge in [0.25, 0.3) is 0 Å². The molecule has 32 heavy (non-hydrogen) atoms. The number of hydrogen-bond donors (Lipinski definition) is 2. The Balaban J connectivity index is 0.00000141. The summed E-state index contributed by atoms with van der Waals surface area (Å²) in [6.45, 7) is 13.4. The smallest absolute Gasteiger partial charge is 0.0619 e. The fourth-order valence-corrected chi connectivity index (χ4v) is 8.64. The molecule has 2 heteroatoms. The summed E-state index contributed by atoms with van der Waals surface area (Å²) < 4.78 is 0. The van der Waals surface area contributed by atoms with E-state index in [0.29, 0.717) is 10.8 Å². The zero-order chi connectivity index (χ0) is 23.6. The van der Waals surface area contributed by atoms with E-state index >= 15 is 0 Å². The van der Waals surface area contributed by atoms with E-state index in [1.165, 1.54) is 57.8 Å². The van der Waals surface area contributed by atoms with Crippen molar-refractivity contribution in [1.82, 2.24) is 0 Å². The minimum atomic E-state index is -0.461. The molecular formula is C30H54O2. The van der Waals surface area contributed by atoms with Crippen LogP contribution in [0.5, 0.6) is 0 Å². The molecule has 2 nitrogen and oxygen atoms in total. The lowest BCUT2D eigenvalue weighted by Gasteiger charge is -2.58. The molecule has 0 heterocycles. The minimum Gasteiger partial charge on any atom is -0.393 e. The number of aliphatic hydroxyl groups excluding tert-OH is 1. The van der Waals surface area contributed by atoms with Gasteiger partial charge in [0.1, 0.15) is 0 Å². The van der Waals surface area contributed by atoms with Crippen molar-refractivity contribution < 1.29 is 10.2 Å². The maximum absolute atomic E-state index is 10.7. The molecule has 4 aliphatic carbocycles. The van der Waals surface area contributed by atoms with Crippen molar-refractivity contribution in [3.63, 3.8) is 0 Å². The van der Waals surface area contributed by atoms with Gasteiger partial charge in [0.2, 0.25) is 0 Å². The molecule has 0 radical (unpaired) electrons. The summed E-state index contributed by atoms with van der Waals surface area (Å²) in [5.41, 5.74) is 2.01. The van der Waals surface area contributed by atoms with Gasteiger partial charge < -0.3 is 10.2 Å². The third-order valence-electron chi connectivity index (χ3n) is 10.6. The minimum absolute atomic E-state index is 0.0971. The number of unbranched alkanes of at least 4 members (excludes halogenated alkanes) is 1. The van der Waals surface area contributed by atoms with Crippen LogP contribution in [0.2, 0.25) is 0 Å². The van der Waals surface area contributed by atoms with Gasteiger partial charge in [-0.3, -0.25) is 0 Å². The Labute approximate surface area is 199 Å². The number of aliphatic hydroxyl groups is 2. The second-order valence-corrected chi connectivity index (χ2v) is 12.5. The first-order valence-corrected chi connectivity index (χ1v) is 14.3. The van der Waals surface area contributed by atoms with E-state index in [-0.39, 0.29) is 6.10 Å². The van der Waals surface area contributed by atoms with Gasteiger partial charge in [-0.15, -0.1) is 0 Å². The maximum atomic E-state index is 10.7. The van der Waals surface area contributed by atoms with Crippen LogP contribution in [0.4, 0.5) is 0 Å². The summed E-state index contributed by atoms with van der Waals surface area (Å²) >= 11 is 0. The molecule has 8 unspecified atom stereocenters. The van der Waals surface area contributed by atoms with Crippen molar-refractivity contribution in [3.05, 3.63) is 11.6 Å². The summed E-state index contributed by atoms with van der Waals surface area (Å²) in [4.78, 5) is 0. The Morgan fingerprint density at radius 1 is 1.00 bits per heavy atom. The second-order valence-electron chi connectivity index (χ2n) is 12.5. The van der Waals surface area contributed by atoms with Crippen LogP contribution in [0.25, 0.3) is 0 Å². The topological polar surface area (TPSA) is 40.5 Å². The summed E-state index contributed by atoms with van der Waals surface area (Å²) in [6.07, 6.45) is 19.3. The van der Waals surface area contributed by atoms with E-state index in [4.69, 9.17) is 0 Å². The predicted octanol–water partition coefficient (Wildman–Crippen LogP) is 8.06. The Bertz CT molecular complexity index is 637. The highest BCUT2D eigenvalue weighted by atomic mass is 16.3. The average molecular weight is 447 g/mol. The normalized spacial score (nSPS) is 42.5. The van der Waals surface area contributed by atoms with Crippen molar-refractivity contribution in [2.75, 3.05) is 0 Å². The molecule has 0 aliphatic heterocycles. The van der Waals surface area contributed by atoms with E-state index in [1.807, 2.05) is 13.8 Å². The van der Waals surface area contributed by atoms with Crippen LogP contribution >= 0.6 is 0 Å². The van der Waals surface area contributed by atoms with E-state index in [9.17, 15) is 10.2 Å². The molecule has 4 rings (SSSR count). The van der Waals surface area contributed by atoms with E-state index in [1.54, 1.807) is 5.57 Å². The van der Waals surface area contributed by atoms with Gasteiger partial charge >= 0.3 is 0 Å². The summed E-state index contributed by atoms with van der Waals surface area (Å²) in [5.74, 6) is 3.46. The molecule has 0 aromatic heterocycles. The number of hydrogen-bond acceptors (Lipinski definition) is 2. The van der Waals surface area contributed by atoms with Gasteiger partial charge in [0, 0.05) is 0 Å². The van der Waals surface area contributed by atoms with Gasteiger partial charge in [-0.2, -0.15) is 0 Å². The summed E-state index contributed by atoms with van der Waals surface area (Å²) in [5, 5.41) is 20.9. The van der Waals surface area contributed by atoms with Crippen molar-refractivity contribution in [1.29, 1.82) is 0 Å². The predicted molar refractivity (Wildman–Crippen MR) is 137 cm³/mol. The molecule has 8 atom stereocenters. The average Bonchev–Trinajstić information content (AvgIpc) is 3.10. The van der Waals surface area contributed by atoms with Crippen molar-refractivity contribution >= 4 is 0 Å². The van der Waals surface area contributed by atoms with E-state index in [0.717, 1.165) is 55.8 Å². The lowest BCUT2D eigenvalue weighted by Crippen LogP contribution is -2.50. The number of rotatable bonds is 7.